The molecule has 1 fully saturated rings. The smallest absolute Gasteiger partial charge is 0.223 e. The minimum absolute atomic E-state index is 0.671. The molecule has 1 aliphatic heterocycles. The van der Waals surface area contributed by atoms with Gasteiger partial charge in [0.1, 0.15) is 0 Å². The zero-order valence-electron chi connectivity index (χ0n) is 15.1. The van der Waals surface area contributed by atoms with Crippen LogP contribution in [-0.2, 0) is 0 Å². The Hall–Kier alpha value is -2.57. The Morgan fingerprint density at radius 3 is 2.77 bits per heavy atom. The number of hydrogen-bond acceptors (Lipinski definition) is 6. The number of fused-ring (bicyclic) bond motifs is 1. The van der Waals surface area contributed by atoms with Crippen LogP contribution in [0, 0.1) is 0 Å². The molecular formula is C20H24N6. The van der Waals surface area contributed by atoms with E-state index < -0.39 is 0 Å². The van der Waals surface area contributed by atoms with Gasteiger partial charge in [-0.3, -0.25) is 9.88 Å². The van der Waals surface area contributed by atoms with Crippen molar-refractivity contribution in [1.29, 1.82) is 0 Å². The zero-order valence-corrected chi connectivity index (χ0v) is 15.1. The first kappa shape index (κ1) is 16.9. The van der Waals surface area contributed by atoms with Gasteiger partial charge >= 0.3 is 0 Å². The van der Waals surface area contributed by atoms with E-state index in [9.17, 15) is 0 Å². The van der Waals surface area contributed by atoms with E-state index in [0.29, 0.717) is 5.95 Å². The van der Waals surface area contributed by atoms with Gasteiger partial charge in [0.25, 0.3) is 0 Å². The molecule has 0 spiro atoms. The Labute approximate surface area is 153 Å². The van der Waals surface area contributed by atoms with E-state index in [1.54, 1.807) is 6.20 Å². The largest absolute Gasteiger partial charge is 0.353 e. The van der Waals surface area contributed by atoms with E-state index in [2.05, 4.69) is 49.2 Å². The molecule has 0 saturated carbocycles. The number of rotatable bonds is 5. The fourth-order valence-electron chi connectivity index (χ4n) is 3.21. The Bertz CT molecular complexity index is 873. The first-order chi connectivity index (χ1) is 12.8. The van der Waals surface area contributed by atoms with Crippen molar-refractivity contribution >= 4 is 16.9 Å². The topological polar surface area (TPSA) is 57.2 Å². The van der Waals surface area contributed by atoms with Crippen LogP contribution in [0.1, 0.15) is 0 Å². The van der Waals surface area contributed by atoms with Gasteiger partial charge in [0.05, 0.1) is 11.2 Å². The van der Waals surface area contributed by atoms with E-state index in [0.717, 1.165) is 61.4 Å². The van der Waals surface area contributed by atoms with Crippen LogP contribution in [0.25, 0.3) is 22.2 Å². The van der Waals surface area contributed by atoms with Crippen LogP contribution in [0.4, 0.5) is 5.95 Å². The number of nitrogens with one attached hydrogen (secondary N) is 1. The fraction of sp³-hybridized carbons (Fsp3) is 0.350. The van der Waals surface area contributed by atoms with Gasteiger partial charge in [-0.15, -0.1) is 0 Å². The van der Waals surface area contributed by atoms with Crippen LogP contribution in [-0.4, -0.2) is 71.1 Å². The standard InChI is InChI=1S/C20H24N6/c1-25-10-12-26(13-11-25)9-8-22-20-21-7-6-19(24-20)17-14-16-4-2-3-5-18(16)23-15-17/h2-7,14-15H,8-13H2,1H3,(H,21,22,24). The minimum Gasteiger partial charge on any atom is -0.353 e. The van der Waals surface area contributed by atoms with Crippen molar-refractivity contribution in [2.45, 2.75) is 0 Å². The van der Waals surface area contributed by atoms with Crippen LogP contribution >= 0.6 is 0 Å². The molecule has 4 rings (SSSR count). The Kier molecular flexibility index (Phi) is 5.04. The average Bonchev–Trinajstić information content (AvgIpc) is 2.69. The zero-order chi connectivity index (χ0) is 17.8. The second-order valence-corrected chi connectivity index (χ2v) is 6.75. The first-order valence-electron chi connectivity index (χ1n) is 9.11. The van der Waals surface area contributed by atoms with Gasteiger partial charge in [-0.05, 0) is 25.2 Å². The summed E-state index contributed by atoms with van der Waals surface area (Å²) in [6.07, 6.45) is 3.67. The lowest BCUT2D eigenvalue weighted by atomic mass is 10.1. The Morgan fingerprint density at radius 2 is 1.88 bits per heavy atom. The molecule has 0 radical (unpaired) electrons. The molecule has 3 aromatic rings. The molecule has 6 nitrogen and oxygen atoms in total. The van der Waals surface area contributed by atoms with E-state index >= 15 is 0 Å². The van der Waals surface area contributed by atoms with Crippen molar-refractivity contribution in [3.8, 4) is 11.3 Å². The molecule has 1 saturated heterocycles. The van der Waals surface area contributed by atoms with Crippen LogP contribution in [0.15, 0.2) is 48.8 Å². The maximum atomic E-state index is 4.66. The minimum atomic E-state index is 0.671. The van der Waals surface area contributed by atoms with Crippen molar-refractivity contribution in [3.63, 3.8) is 0 Å². The van der Waals surface area contributed by atoms with E-state index in [1.165, 1.54) is 0 Å². The maximum absolute atomic E-state index is 4.66. The molecule has 1 N–H and O–H groups in total. The fourth-order valence-corrected chi connectivity index (χ4v) is 3.21. The second-order valence-electron chi connectivity index (χ2n) is 6.75. The van der Waals surface area contributed by atoms with Gasteiger partial charge < -0.3 is 10.2 Å². The summed E-state index contributed by atoms with van der Waals surface area (Å²) in [6.45, 7) is 6.40. The molecule has 0 unspecified atom stereocenters. The summed E-state index contributed by atoms with van der Waals surface area (Å²) in [5, 5.41) is 4.47. The molecule has 0 amide bonds. The molecule has 3 heterocycles. The molecule has 2 aromatic heterocycles. The predicted molar refractivity (Wildman–Crippen MR) is 105 cm³/mol. The molecule has 1 aromatic carbocycles. The van der Waals surface area contributed by atoms with Crippen LogP contribution < -0.4 is 5.32 Å². The summed E-state index contributed by atoms with van der Waals surface area (Å²) in [7, 11) is 2.18. The van der Waals surface area contributed by atoms with Crippen molar-refractivity contribution < 1.29 is 0 Å². The monoisotopic (exact) mass is 348 g/mol. The van der Waals surface area contributed by atoms with Gasteiger partial charge in [-0.25, -0.2) is 9.97 Å². The van der Waals surface area contributed by atoms with E-state index in [4.69, 9.17) is 0 Å². The highest BCUT2D eigenvalue weighted by atomic mass is 15.3. The van der Waals surface area contributed by atoms with Gasteiger partial charge in [0.2, 0.25) is 5.95 Å². The molecule has 6 heteroatoms. The number of pyridine rings is 1. The lowest BCUT2D eigenvalue weighted by Gasteiger charge is -2.32. The van der Waals surface area contributed by atoms with Gasteiger partial charge in [0, 0.05) is 62.6 Å². The molecule has 0 atom stereocenters. The predicted octanol–water partition coefficient (Wildman–Crippen LogP) is 2.35. The highest BCUT2D eigenvalue weighted by Gasteiger charge is 2.13. The molecule has 134 valence electrons. The SMILES string of the molecule is CN1CCN(CCNc2nccc(-c3cnc4ccccc4c3)n2)CC1. The van der Waals surface area contributed by atoms with Crippen molar-refractivity contribution in [2.24, 2.45) is 0 Å². The third-order valence-corrected chi connectivity index (χ3v) is 4.85. The molecule has 0 aliphatic carbocycles. The normalized spacial score (nSPS) is 16.0. The number of hydrogen-bond donors (Lipinski definition) is 1. The summed E-state index contributed by atoms with van der Waals surface area (Å²) in [5.74, 6) is 0.671. The third kappa shape index (κ3) is 3.98. The van der Waals surface area contributed by atoms with Crippen LogP contribution in [0.2, 0.25) is 0 Å². The lowest BCUT2D eigenvalue weighted by molar-refractivity contribution is 0.158. The molecule has 0 bridgehead atoms. The lowest BCUT2D eigenvalue weighted by Crippen LogP contribution is -2.45. The number of likely N-dealkylation sites (N-methyl/N-ethyl adjacent to an activating group) is 1. The second kappa shape index (κ2) is 7.76. The van der Waals surface area contributed by atoms with Crippen LogP contribution in [0.3, 0.4) is 0 Å². The Balaban J connectivity index is 1.41. The summed E-state index contributed by atoms with van der Waals surface area (Å²) < 4.78 is 0. The number of nitrogens with zero attached hydrogens (tertiary/aromatic N) is 5. The average molecular weight is 348 g/mol. The summed E-state index contributed by atoms with van der Waals surface area (Å²) in [6, 6.07) is 12.2. The molecule has 1 aliphatic rings. The number of aromatic nitrogens is 3. The number of anilines is 1. The third-order valence-electron chi connectivity index (χ3n) is 4.85. The molecule has 26 heavy (non-hydrogen) atoms. The van der Waals surface area contributed by atoms with Crippen molar-refractivity contribution in [2.75, 3.05) is 51.6 Å². The summed E-state index contributed by atoms with van der Waals surface area (Å²) in [4.78, 5) is 18.4. The first-order valence-corrected chi connectivity index (χ1v) is 9.11. The van der Waals surface area contributed by atoms with Crippen molar-refractivity contribution in [3.05, 3.63) is 48.8 Å². The molecular weight excluding hydrogens is 324 g/mol. The van der Waals surface area contributed by atoms with Gasteiger partial charge in [-0.2, -0.15) is 0 Å². The van der Waals surface area contributed by atoms with E-state index in [-0.39, 0.29) is 0 Å². The highest BCUT2D eigenvalue weighted by Crippen LogP contribution is 2.21. The Morgan fingerprint density at radius 1 is 1.04 bits per heavy atom. The van der Waals surface area contributed by atoms with Gasteiger partial charge in [-0.1, -0.05) is 18.2 Å². The van der Waals surface area contributed by atoms with E-state index in [1.807, 2.05) is 30.5 Å². The highest BCUT2D eigenvalue weighted by molar-refractivity contribution is 5.82. The summed E-state index contributed by atoms with van der Waals surface area (Å²) in [5.41, 5.74) is 2.89. The van der Waals surface area contributed by atoms with Gasteiger partial charge in [0.15, 0.2) is 0 Å². The van der Waals surface area contributed by atoms with Crippen LogP contribution in [0.5, 0.6) is 0 Å². The number of para-hydroxylation sites is 1. The quantitative estimate of drug-likeness (QED) is 0.764. The summed E-state index contributed by atoms with van der Waals surface area (Å²) >= 11 is 0. The number of benzene rings is 1. The number of piperazine rings is 1. The van der Waals surface area contributed by atoms with Crippen molar-refractivity contribution in [1.82, 2.24) is 24.8 Å². The maximum Gasteiger partial charge on any atom is 0.223 e.